The van der Waals surface area contributed by atoms with Gasteiger partial charge in [-0.2, -0.15) is 9.61 Å². The second-order valence-corrected chi connectivity index (χ2v) is 10.8. The molecule has 1 saturated carbocycles. The minimum absolute atomic E-state index is 0.235. The van der Waals surface area contributed by atoms with Crippen LogP contribution >= 0.6 is 0 Å². The van der Waals surface area contributed by atoms with Gasteiger partial charge < -0.3 is 15.3 Å². The fourth-order valence-electron chi connectivity index (χ4n) is 5.69. The van der Waals surface area contributed by atoms with Crippen LogP contribution in [-0.4, -0.2) is 60.6 Å². The first-order valence-corrected chi connectivity index (χ1v) is 13.0. The number of aromatic nitrogens is 5. The largest absolute Gasteiger partial charge is 0.390 e. The lowest BCUT2D eigenvalue weighted by Gasteiger charge is -2.34. The van der Waals surface area contributed by atoms with Crippen LogP contribution in [0.5, 0.6) is 0 Å². The Kier molecular flexibility index (Phi) is 5.62. The predicted molar refractivity (Wildman–Crippen MR) is 134 cm³/mol. The van der Waals surface area contributed by atoms with Crippen molar-refractivity contribution in [1.82, 2.24) is 24.6 Å². The third kappa shape index (κ3) is 4.46. The Morgan fingerprint density at radius 1 is 1.06 bits per heavy atom. The normalized spacial score (nSPS) is 26.8. The Balaban J connectivity index is 1.39. The van der Waals surface area contributed by atoms with Gasteiger partial charge >= 0.3 is 0 Å². The van der Waals surface area contributed by atoms with E-state index in [2.05, 4.69) is 5.32 Å². The lowest BCUT2D eigenvalue weighted by atomic mass is 9.84. The van der Waals surface area contributed by atoms with Gasteiger partial charge in [0.1, 0.15) is 29.2 Å². The molecule has 9 heteroatoms. The second-order valence-electron chi connectivity index (χ2n) is 10.8. The van der Waals surface area contributed by atoms with E-state index in [1.165, 1.54) is 6.42 Å². The zero-order valence-corrected chi connectivity index (χ0v) is 20.6. The number of aliphatic hydroxyl groups is 1. The molecular weight excluding hydrogens is 445 g/mol. The molecule has 3 aromatic heterocycles. The van der Waals surface area contributed by atoms with Gasteiger partial charge in [0.25, 0.3) is 0 Å². The number of anilines is 2. The fourth-order valence-corrected chi connectivity index (χ4v) is 5.69. The third-order valence-electron chi connectivity index (χ3n) is 7.83. The standard InChI is InChI=1S/C26H34FN7O/c1-16-25(30-20-6-4-3-5-19(20)28-16)21-13-23-31-22(33-12-9-17(27)15-33)14-24(34(23)32-21)29-18-7-10-26(2,35)11-8-18/h13-14,17-18,29,35H,3-12,15H2,1-2H3/t17-,18-,26-/m1/s1. The molecule has 186 valence electrons. The van der Waals surface area contributed by atoms with Gasteiger partial charge in [-0.05, 0) is 71.6 Å². The van der Waals surface area contributed by atoms with E-state index < -0.39 is 11.8 Å². The molecule has 8 nitrogen and oxygen atoms in total. The first kappa shape index (κ1) is 22.6. The summed E-state index contributed by atoms with van der Waals surface area (Å²) in [5.74, 6) is 1.61. The first-order valence-electron chi connectivity index (χ1n) is 13.0. The molecule has 0 bridgehead atoms. The summed E-state index contributed by atoms with van der Waals surface area (Å²) in [7, 11) is 0. The van der Waals surface area contributed by atoms with E-state index in [4.69, 9.17) is 20.1 Å². The number of hydrogen-bond donors (Lipinski definition) is 2. The van der Waals surface area contributed by atoms with Gasteiger partial charge in [0.2, 0.25) is 0 Å². The maximum Gasteiger partial charge on any atom is 0.160 e. The number of aryl methyl sites for hydroxylation is 3. The molecular formula is C26H34FN7O. The third-order valence-corrected chi connectivity index (χ3v) is 7.83. The van der Waals surface area contributed by atoms with E-state index in [0.717, 1.165) is 85.1 Å². The Hall–Kier alpha value is -2.81. The Labute approximate surface area is 205 Å². The van der Waals surface area contributed by atoms with Crippen LogP contribution in [-0.2, 0) is 12.8 Å². The highest BCUT2D eigenvalue weighted by Crippen LogP contribution is 2.32. The number of rotatable bonds is 4. The fraction of sp³-hybridized carbons (Fsp3) is 0.615. The molecule has 1 aliphatic heterocycles. The van der Waals surface area contributed by atoms with E-state index in [9.17, 15) is 9.50 Å². The summed E-state index contributed by atoms with van der Waals surface area (Å²) in [6, 6.07) is 4.19. The van der Waals surface area contributed by atoms with Gasteiger partial charge in [-0.1, -0.05) is 0 Å². The van der Waals surface area contributed by atoms with Crippen molar-refractivity contribution in [3.05, 3.63) is 29.2 Å². The average Bonchev–Trinajstić information content (AvgIpc) is 3.46. The van der Waals surface area contributed by atoms with E-state index in [-0.39, 0.29) is 6.04 Å². The van der Waals surface area contributed by atoms with Crippen LogP contribution in [0.25, 0.3) is 17.0 Å². The predicted octanol–water partition coefficient (Wildman–Crippen LogP) is 4.03. The highest BCUT2D eigenvalue weighted by Gasteiger charge is 2.30. The van der Waals surface area contributed by atoms with Crippen molar-refractivity contribution < 1.29 is 9.50 Å². The monoisotopic (exact) mass is 479 g/mol. The number of alkyl halides is 1. The van der Waals surface area contributed by atoms with E-state index in [1.807, 2.05) is 35.4 Å². The van der Waals surface area contributed by atoms with Gasteiger partial charge in [0.05, 0.1) is 29.2 Å². The van der Waals surface area contributed by atoms with Crippen molar-refractivity contribution in [3.8, 4) is 11.4 Å². The average molecular weight is 480 g/mol. The lowest BCUT2D eigenvalue weighted by Crippen LogP contribution is -2.36. The summed E-state index contributed by atoms with van der Waals surface area (Å²) >= 11 is 0. The van der Waals surface area contributed by atoms with Crippen molar-refractivity contribution in [2.24, 2.45) is 0 Å². The van der Waals surface area contributed by atoms with Crippen LogP contribution in [0.2, 0.25) is 0 Å². The summed E-state index contributed by atoms with van der Waals surface area (Å²) in [5, 5.41) is 18.9. The molecule has 6 rings (SSSR count). The van der Waals surface area contributed by atoms with Crippen molar-refractivity contribution in [1.29, 1.82) is 0 Å². The first-order chi connectivity index (χ1) is 16.8. The molecule has 2 fully saturated rings. The van der Waals surface area contributed by atoms with E-state index in [1.54, 1.807) is 0 Å². The molecule has 0 spiro atoms. The number of hydrogen-bond acceptors (Lipinski definition) is 7. The van der Waals surface area contributed by atoms with Crippen LogP contribution in [0, 0.1) is 6.92 Å². The second kappa shape index (κ2) is 8.69. The zero-order chi connectivity index (χ0) is 24.2. The molecule has 3 aliphatic rings. The SMILES string of the molecule is Cc1nc2c(nc1-c1cc3nc(N4CC[C@@H](F)C4)cc(N[C@H]4CC[C@](C)(O)CC4)n3n1)CCCC2. The molecule has 35 heavy (non-hydrogen) atoms. The quantitative estimate of drug-likeness (QED) is 0.584. The topological polar surface area (TPSA) is 91.5 Å². The highest BCUT2D eigenvalue weighted by atomic mass is 19.1. The molecule has 1 saturated heterocycles. The minimum Gasteiger partial charge on any atom is -0.390 e. The molecule has 2 aliphatic carbocycles. The van der Waals surface area contributed by atoms with Crippen LogP contribution in [0.4, 0.5) is 16.0 Å². The zero-order valence-electron chi connectivity index (χ0n) is 20.6. The number of halogens is 1. The Morgan fingerprint density at radius 3 is 2.51 bits per heavy atom. The summed E-state index contributed by atoms with van der Waals surface area (Å²) in [4.78, 5) is 16.7. The van der Waals surface area contributed by atoms with Gasteiger partial charge in [-0.15, -0.1) is 0 Å². The summed E-state index contributed by atoms with van der Waals surface area (Å²) in [5.41, 5.74) is 4.77. The molecule has 4 heterocycles. The van der Waals surface area contributed by atoms with Crippen LogP contribution in [0.15, 0.2) is 12.1 Å². The maximum atomic E-state index is 14.0. The summed E-state index contributed by atoms with van der Waals surface area (Å²) in [6.07, 6.45) is 7.26. The van der Waals surface area contributed by atoms with E-state index in [0.29, 0.717) is 25.2 Å². The minimum atomic E-state index is -0.820. The van der Waals surface area contributed by atoms with Crippen molar-refractivity contribution >= 4 is 17.3 Å². The Bertz CT molecular complexity index is 1250. The van der Waals surface area contributed by atoms with Crippen LogP contribution in [0.1, 0.15) is 69.0 Å². The molecule has 2 N–H and O–H groups in total. The molecule has 0 radical (unpaired) electrons. The number of fused-ring (bicyclic) bond motifs is 2. The van der Waals surface area contributed by atoms with Crippen LogP contribution < -0.4 is 10.2 Å². The van der Waals surface area contributed by atoms with Crippen molar-refractivity contribution in [2.75, 3.05) is 23.3 Å². The molecule has 1 atom stereocenters. The number of nitrogens with one attached hydrogen (secondary N) is 1. The van der Waals surface area contributed by atoms with Gasteiger partial charge in [0.15, 0.2) is 5.65 Å². The van der Waals surface area contributed by atoms with Crippen molar-refractivity contribution in [2.45, 2.75) is 89.4 Å². The Morgan fingerprint density at radius 2 is 1.80 bits per heavy atom. The summed E-state index contributed by atoms with van der Waals surface area (Å²) in [6.45, 7) is 4.94. The highest BCUT2D eigenvalue weighted by molar-refractivity contribution is 5.67. The van der Waals surface area contributed by atoms with Gasteiger partial charge in [-0.3, -0.25) is 4.98 Å². The van der Waals surface area contributed by atoms with Gasteiger partial charge in [0, 0.05) is 24.7 Å². The molecule has 0 amide bonds. The number of nitrogens with zero attached hydrogens (tertiary/aromatic N) is 6. The summed E-state index contributed by atoms with van der Waals surface area (Å²) < 4.78 is 15.8. The van der Waals surface area contributed by atoms with Crippen molar-refractivity contribution in [3.63, 3.8) is 0 Å². The van der Waals surface area contributed by atoms with Gasteiger partial charge in [-0.25, -0.2) is 14.4 Å². The lowest BCUT2D eigenvalue weighted by molar-refractivity contribution is 0.0196. The molecule has 0 unspecified atom stereocenters. The van der Waals surface area contributed by atoms with E-state index >= 15 is 0 Å². The molecule has 0 aromatic carbocycles. The molecule has 3 aromatic rings. The van der Waals surface area contributed by atoms with Crippen LogP contribution in [0.3, 0.4) is 0 Å². The maximum absolute atomic E-state index is 14.0. The smallest absolute Gasteiger partial charge is 0.160 e.